The molecule has 0 heterocycles. The van der Waals surface area contributed by atoms with E-state index in [1.54, 1.807) is 7.11 Å². The van der Waals surface area contributed by atoms with Gasteiger partial charge in [-0.2, -0.15) is 5.26 Å². The molecule has 0 N–H and O–H groups in total. The van der Waals surface area contributed by atoms with Gasteiger partial charge in [0.05, 0.1) is 11.7 Å². The second-order valence-electron chi connectivity index (χ2n) is 2.70. The van der Waals surface area contributed by atoms with E-state index in [4.69, 9.17) is 10.00 Å². The highest BCUT2D eigenvalue weighted by molar-refractivity contribution is 5.03. The maximum absolute atomic E-state index is 8.16. The van der Waals surface area contributed by atoms with Crippen molar-refractivity contribution in [3.8, 4) is 6.07 Å². The minimum Gasteiger partial charge on any atom is -0.378 e. The average Bonchev–Trinajstić information content (AvgIpc) is 1.89. The van der Waals surface area contributed by atoms with Crippen LogP contribution in [0, 0.1) is 11.3 Å². The fourth-order valence-corrected chi connectivity index (χ4v) is 0.479. The molecule has 0 aromatic heterocycles. The largest absolute Gasteiger partial charge is 0.378 e. The molecule has 0 unspecified atom stereocenters. The fourth-order valence-electron chi connectivity index (χ4n) is 0.479. The summed E-state index contributed by atoms with van der Waals surface area (Å²) in [5.74, 6) is 0. The molecule has 0 atom stereocenters. The number of allylic oxidation sites excluding steroid dienone is 1. The second kappa shape index (κ2) is 4.08. The molecule has 0 saturated heterocycles. The van der Waals surface area contributed by atoms with Gasteiger partial charge in [0.1, 0.15) is 0 Å². The molecule has 0 aromatic carbocycles. The molecule has 0 spiro atoms. The normalized spacial score (nSPS) is 11.8. The minimum absolute atomic E-state index is 0.145. The SMILES string of the molecule is COC(C)(C)C/C=C/C#N. The van der Waals surface area contributed by atoms with Gasteiger partial charge in [0.2, 0.25) is 0 Å². The Bertz CT molecular complexity index is 153. The summed E-state index contributed by atoms with van der Waals surface area (Å²) in [7, 11) is 1.67. The lowest BCUT2D eigenvalue weighted by atomic mass is 10.1. The first-order valence-corrected chi connectivity index (χ1v) is 3.22. The lowest BCUT2D eigenvalue weighted by molar-refractivity contribution is 0.0255. The molecule has 0 radical (unpaired) electrons. The van der Waals surface area contributed by atoms with Crippen LogP contribution >= 0.6 is 0 Å². The van der Waals surface area contributed by atoms with Crippen molar-refractivity contribution in [1.82, 2.24) is 0 Å². The second-order valence-corrected chi connectivity index (χ2v) is 2.70. The standard InChI is InChI=1S/C8H13NO/c1-8(2,10-3)6-4-5-7-9/h4-5H,6H2,1-3H3/b5-4+. The molecule has 0 aliphatic rings. The smallest absolute Gasteiger partial charge is 0.0908 e. The van der Waals surface area contributed by atoms with E-state index in [1.165, 1.54) is 6.08 Å². The van der Waals surface area contributed by atoms with Crippen LogP contribution in [-0.4, -0.2) is 12.7 Å². The first-order valence-electron chi connectivity index (χ1n) is 3.22. The van der Waals surface area contributed by atoms with Crippen molar-refractivity contribution in [3.63, 3.8) is 0 Å². The highest BCUT2D eigenvalue weighted by Gasteiger charge is 2.12. The summed E-state index contributed by atoms with van der Waals surface area (Å²) in [5, 5.41) is 8.16. The fraction of sp³-hybridized carbons (Fsp3) is 0.625. The summed E-state index contributed by atoms with van der Waals surface area (Å²) in [5.41, 5.74) is -0.145. The summed E-state index contributed by atoms with van der Waals surface area (Å²) >= 11 is 0. The number of hydrogen-bond acceptors (Lipinski definition) is 2. The third kappa shape index (κ3) is 4.11. The van der Waals surface area contributed by atoms with Gasteiger partial charge in [0.15, 0.2) is 0 Å². The lowest BCUT2D eigenvalue weighted by Gasteiger charge is -2.20. The monoisotopic (exact) mass is 139 g/mol. The number of nitriles is 1. The van der Waals surface area contributed by atoms with E-state index in [9.17, 15) is 0 Å². The Kier molecular flexibility index (Phi) is 3.75. The van der Waals surface area contributed by atoms with E-state index in [0.717, 1.165) is 6.42 Å². The molecule has 0 rings (SSSR count). The minimum atomic E-state index is -0.145. The first kappa shape index (κ1) is 9.19. The molecule has 10 heavy (non-hydrogen) atoms. The van der Waals surface area contributed by atoms with Crippen LogP contribution in [0.25, 0.3) is 0 Å². The number of nitrogens with zero attached hydrogens (tertiary/aromatic N) is 1. The average molecular weight is 139 g/mol. The van der Waals surface area contributed by atoms with Gasteiger partial charge in [-0.3, -0.25) is 0 Å². The van der Waals surface area contributed by atoms with Crippen LogP contribution in [0.2, 0.25) is 0 Å². The van der Waals surface area contributed by atoms with Crippen molar-refractivity contribution in [2.24, 2.45) is 0 Å². The van der Waals surface area contributed by atoms with Gasteiger partial charge in [-0.1, -0.05) is 6.08 Å². The summed E-state index contributed by atoms with van der Waals surface area (Å²) in [6.07, 6.45) is 4.06. The van der Waals surface area contributed by atoms with Crippen molar-refractivity contribution in [2.45, 2.75) is 25.9 Å². The summed E-state index contributed by atoms with van der Waals surface area (Å²) in [6, 6.07) is 1.93. The molecule has 0 aromatic rings. The number of rotatable bonds is 3. The highest BCUT2D eigenvalue weighted by atomic mass is 16.5. The van der Waals surface area contributed by atoms with Crippen molar-refractivity contribution >= 4 is 0 Å². The van der Waals surface area contributed by atoms with Crippen LogP contribution in [0.1, 0.15) is 20.3 Å². The van der Waals surface area contributed by atoms with E-state index in [2.05, 4.69) is 0 Å². The van der Waals surface area contributed by atoms with Crippen molar-refractivity contribution in [1.29, 1.82) is 5.26 Å². The molecular weight excluding hydrogens is 126 g/mol. The molecule has 0 saturated carbocycles. The molecule has 2 heteroatoms. The van der Waals surface area contributed by atoms with Gasteiger partial charge in [0, 0.05) is 13.2 Å². The van der Waals surface area contributed by atoms with Crippen LogP contribution in [0.4, 0.5) is 0 Å². The predicted molar refractivity (Wildman–Crippen MR) is 40.5 cm³/mol. The van der Waals surface area contributed by atoms with Crippen LogP contribution in [0.3, 0.4) is 0 Å². The maximum atomic E-state index is 8.16. The van der Waals surface area contributed by atoms with E-state index >= 15 is 0 Å². The van der Waals surface area contributed by atoms with Crippen LogP contribution in [0.5, 0.6) is 0 Å². The Morgan fingerprint density at radius 3 is 2.60 bits per heavy atom. The molecule has 0 aliphatic heterocycles. The molecule has 2 nitrogen and oxygen atoms in total. The van der Waals surface area contributed by atoms with Crippen molar-refractivity contribution < 1.29 is 4.74 Å². The number of methoxy groups -OCH3 is 1. The van der Waals surface area contributed by atoms with E-state index in [-0.39, 0.29) is 5.60 Å². The van der Waals surface area contributed by atoms with Crippen LogP contribution in [-0.2, 0) is 4.74 Å². The molecule has 0 bridgehead atoms. The molecule has 0 amide bonds. The Morgan fingerprint density at radius 2 is 2.20 bits per heavy atom. The predicted octanol–water partition coefficient (Wildman–Crippen LogP) is 1.88. The number of ether oxygens (including phenoxy) is 1. The van der Waals surface area contributed by atoms with E-state index < -0.39 is 0 Å². The van der Waals surface area contributed by atoms with Gasteiger partial charge >= 0.3 is 0 Å². The molecule has 0 aliphatic carbocycles. The Balaban J connectivity index is 3.69. The summed E-state index contributed by atoms with van der Waals surface area (Å²) in [4.78, 5) is 0. The molecular formula is C8H13NO. The summed E-state index contributed by atoms with van der Waals surface area (Å²) < 4.78 is 5.12. The Morgan fingerprint density at radius 1 is 1.60 bits per heavy atom. The van der Waals surface area contributed by atoms with E-state index in [0.29, 0.717) is 0 Å². The first-order chi connectivity index (χ1) is 4.62. The van der Waals surface area contributed by atoms with Crippen LogP contribution < -0.4 is 0 Å². The van der Waals surface area contributed by atoms with Gasteiger partial charge in [-0.15, -0.1) is 0 Å². The van der Waals surface area contributed by atoms with Crippen LogP contribution in [0.15, 0.2) is 12.2 Å². The zero-order valence-electron chi connectivity index (χ0n) is 6.72. The van der Waals surface area contributed by atoms with Gasteiger partial charge < -0.3 is 4.74 Å². The topological polar surface area (TPSA) is 33.0 Å². The zero-order chi connectivity index (χ0) is 8.04. The Hall–Kier alpha value is -0.810. The zero-order valence-corrected chi connectivity index (χ0v) is 6.72. The number of hydrogen-bond donors (Lipinski definition) is 0. The van der Waals surface area contributed by atoms with Gasteiger partial charge in [-0.25, -0.2) is 0 Å². The lowest BCUT2D eigenvalue weighted by Crippen LogP contribution is -2.20. The van der Waals surface area contributed by atoms with Crippen molar-refractivity contribution in [3.05, 3.63) is 12.2 Å². The summed E-state index contributed by atoms with van der Waals surface area (Å²) in [6.45, 7) is 3.96. The van der Waals surface area contributed by atoms with E-state index in [1.807, 2.05) is 26.0 Å². The third-order valence-corrected chi connectivity index (χ3v) is 1.35. The molecule has 56 valence electrons. The van der Waals surface area contributed by atoms with Crippen molar-refractivity contribution in [2.75, 3.05) is 7.11 Å². The quantitative estimate of drug-likeness (QED) is 0.559. The Labute approximate surface area is 62.1 Å². The molecule has 0 fully saturated rings. The third-order valence-electron chi connectivity index (χ3n) is 1.35. The maximum Gasteiger partial charge on any atom is 0.0908 e. The highest BCUT2D eigenvalue weighted by Crippen LogP contribution is 2.12. The van der Waals surface area contributed by atoms with Gasteiger partial charge in [-0.05, 0) is 20.3 Å². The van der Waals surface area contributed by atoms with Gasteiger partial charge in [0.25, 0.3) is 0 Å².